The third-order valence-corrected chi connectivity index (χ3v) is 3.06. The maximum atomic E-state index is 11.8. The van der Waals surface area contributed by atoms with Gasteiger partial charge in [-0.15, -0.1) is 0 Å². The lowest BCUT2D eigenvalue weighted by Crippen LogP contribution is -2.25. The zero-order chi connectivity index (χ0) is 13.5. The summed E-state index contributed by atoms with van der Waals surface area (Å²) in [5, 5.41) is 11.6. The van der Waals surface area contributed by atoms with E-state index in [-0.39, 0.29) is 5.91 Å². The van der Waals surface area contributed by atoms with Gasteiger partial charge in [-0.2, -0.15) is 5.26 Å². The molecule has 1 saturated carbocycles. The predicted octanol–water partition coefficient (Wildman–Crippen LogP) is 2.10. The molecule has 0 saturated heterocycles. The molecule has 1 fully saturated rings. The SMILES string of the molecule is N#Cc1cccc(C(=O)NCCCOCC2CC2)c1. The van der Waals surface area contributed by atoms with E-state index in [0.717, 1.165) is 18.9 Å². The maximum Gasteiger partial charge on any atom is 0.251 e. The second kappa shape index (κ2) is 6.91. The Morgan fingerprint density at radius 1 is 1.47 bits per heavy atom. The van der Waals surface area contributed by atoms with E-state index in [4.69, 9.17) is 10.00 Å². The molecule has 1 aromatic rings. The fraction of sp³-hybridized carbons (Fsp3) is 0.467. The van der Waals surface area contributed by atoms with Crippen LogP contribution in [0.4, 0.5) is 0 Å². The number of hydrogen-bond acceptors (Lipinski definition) is 3. The van der Waals surface area contributed by atoms with Gasteiger partial charge in [0, 0.05) is 25.3 Å². The molecule has 0 aromatic heterocycles. The van der Waals surface area contributed by atoms with Crippen molar-refractivity contribution < 1.29 is 9.53 Å². The summed E-state index contributed by atoms with van der Waals surface area (Å²) >= 11 is 0. The minimum atomic E-state index is -0.140. The van der Waals surface area contributed by atoms with Gasteiger partial charge in [0.05, 0.1) is 11.6 Å². The molecule has 0 atom stereocenters. The first-order valence-electron chi connectivity index (χ1n) is 6.65. The van der Waals surface area contributed by atoms with Crippen LogP contribution in [0.1, 0.15) is 35.2 Å². The molecular weight excluding hydrogens is 240 g/mol. The van der Waals surface area contributed by atoms with Crippen molar-refractivity contribution in [3.63, 3.8) is 0 Å². The molecule has 4 nitrogen and oxygen atoms in total. The molecule has 4 heteroatoms. The van der Waals surface area contributed by atoms with Crippen molar-refractivity contribution in [2.75, 3.05) is 19.8 Å². The highest BCUT2D eigenvalue weighted by Crippen LogP contribution is 2.28. The number of benzene rings is 1. The average Bonchev–Trinajstić information content (AvgIpc) is 3.26. The first-order chi connectivity index (χ1) is 9.29. The van der Waals surface area contributed by atoms with E-state index in [1.54, 1.807) is 24.3 Å². The summed E-state index contributed by atoms with van der Waals surface area (Å²) in [4.78, 5) is 11.8. The van der Waals surface area contributed by atoms with E-state index in [1.807, 2.05) is 6.07 Å². The highest BCUT2D eigenvalue weighted by atomic mass is 16.5. The lowest BCUT2D eigenvalue weighted by Gasteiger charge is -2.06. The van der Waals surface area contributed by atoms with Gasteiger partial charge in [0.25, 0.3) is 5.91 Å². The molecule has 0 radical (unpaired) electrons. The number of ether oxygens (including phenoxy) is 1. The molecule has 0 spiro atoms. The summed E-state index contributed by atoms with van der Waals surface area (Å²) in [5.74, 6) is 0.641. The molecule has 1 aliphatic rings. The molecular formula is C15H18N2O2. The number of nitrogens with one attached hydrogen (secondary N) is 1. The van der Waals surface area contributed by atoms with Crippen LogP contribution in [-0.2, 0) is 4.74 Å². The van der Waals surface area contributed by atoms with Gasteiger partial charge in [0.15, 0.2) is 0 Å². The molecule has 0 unspecified atom stereocenters. The third kappa shape index (κ3) is 4.72. The molecule has 1 aromatic carbocycles. The van der Waals surface area contributed by atoms with Crippen molar-refractivity contribution in [3.05, 3.63) is 35.4 Å². The van der Waals surface area contributed by atoms with Crippen molar-refractivity contribution in [2.24, 2.45) is 5.92 Å². The lowest BCUT2D eigenvalue weighted by atomic mass is 10.1. The zero-order valence-electron chi connectivity index (χ0n) is 10.9. The minimum absolute atomic E-state index is 0.140. The van der Waals surface area contributed by atoms with E-state index in [0.29, 0.717) is 24.3 Å². The van der Waals surface area contributed by atoms with Crippen LogP contribution in [0.2, 0.25) is 0 Å². The van der Waals surface area contributed by atoms with Crippen molar-refractivity contribution >= 4 is 5.91 Å². The Bertz CT molecular complexity index is 475. The average molecular weight is 258 g/mol. The molecule has 1 amide bonds. The summed E-state index contributed by atoms with van der Waals surface area (Å²) in [7, 11) is 0. The van der Waals surface area contributed by atoms with Gasteiger partial charge in [0.2, 0.25) is 0 Å². The Morgan fingerprint density at radius 3 is 3.05 bits per heavy atom. The highest BCUT2D eigenvalue weighted by molar-refractivity contribution is 5.94. The van der Waals surface area contributed by atoms with Crippen LogP contribution in [0.25, 0.3) is 0 Å². The fourth-order valence-electron chi connectivity index (χ4n) is 1.74. The van der Waals surface area contributed by atoms with E-state index in [1.165, 1.54) is 12.8 Å². The number of carbonyl (C=O) groups excluding carboxylic acids is 1. The third-order valence-electron chi connectivity index (χ3n) is 3.06. The maximum absolute atomic E-state index is 11.8. The molecule has 2 rings (SSSR count). The van der Waals surface area contributed by atoms with Crippen molar-refractivity contribution in [3.8, 4) is 6.07 Å². The van der Waals surface area contributed by atoms with Crippen LogP contribution < -0.4 is 5.32 Å². The smallest absolute Gasteiger partial charge is 0.251 e. The van der Waals surface area contributed by atoms with Gasteiger partial charge in [-0.05, 0) is 43.4 Å². The fourth-order valence-corrected chi connectivity index (χ4v) is 1.74. The molecule has 0 aliphatic heterocycles. The molecule has 19 heavy (non-hydrogen) atoms. The number of nitrogens with zero attached hydrogens (tertiary/aromatic N) is 1. The standard InChI is InChI=1S/C15H18N2O2/c16-10-13-3-1-4-14(9-13)15(18)17-7-2-8-19-11-12-5-6-12/h1,3-4,9,12H,2,5-8,11H2,(H,17,18). The number of nitriles is 1. The van der Waals surface area contributed by atoms with Gasteiger partial charge in [-0.3, -0.25) is 4.79 Å². The number of carbonyl (C=O) groups is 1. The van der Waals surface area contributed by atoms with Crippen molar-refractivity contribution in [1.29, 1.82) is 5.26 Å². The monoisotopic (exact) mass is 258 g/mol. The molecule has 100 valence electrons. The van der Waals surface area contributed by atoms with Gasteiger partial charge >= 0.3 is 0 Å². The number of rotatable bonds is 7. The molecule has 1 N–H and O–H groups in total. The second-order valence-electron chi connectivity index (χ2n) is 4.82. The van der Waals surface area contributed by atoms with Crippen molar-refractivity contribution in [1.82, 2.24) is 5.32 Å². The van der Waals surface area contributed by atoms with Crippen LogP contribution in [0.15, 0.2) is 24.3 Å². The van der Waals surface area contributed by atoms with E-state index < -0.39 is 0 Å². The summed E-state index contributed by atoms with van der Waals surface area (Å²) in [6.07, 6.45) is 3.41. The van der Waals surface area contributed by atoms with Gasteiger partial charge in [-0.1, -0.05) is 6.07 Å². The Morgan fingerprint density at radius 2 is 2.32 bits per heavy atom. The topological polar surface area (TPSA) is 62.1 Å². The van der Waals surface area contributed by atoms with E-state index >= 15 is 0 Å². The molecule has 0 heterocycles. The van der Waals surface area contributed by atoms with Crippen LogP contribution >= 0.6 is 0 Å². The van der Waals surface area contributed by atoms with Gasteiger partial charge < -0.3 is 10.1 Å². The Labute approximate surface area is 113 Å². The van der Waals surface area contributed by atoms with Crippen LogP contribution in [0.5, 0.6) is 0 Å². The normalized spacial score (nSPS) is 13.8. The summed E-state index contributed by atoms with van der Waals surface area (Å²) in [5.41, 5.74) is 1.03. The van der Waals surface area contributed by atoms with Crippen LogP contribution in [-0.4, -0.2) is 25.7 Å². The quantitative estimate of drug-likeness (QED) is 0.762. The summed E-state index contributed by atoms with van der Waals surface area (Å²) in [6, 6.07) is 8.72. The van der Waals surface area contributed by atoms with E-state index in [9.17, 15) is 4.79 Å². The first-order valence-corrected chi connectivity index (χ1v) is 6.65. The minimum Gasteiger partial charge on any atom is -0.381 e. The predicted molar refractivity (Wildman–Crippen MR) is 71.7 cm³/mol. The van der Waals surface area contributed by atoms with Gasteiger partial charge in [0.1, 0.15) is 0 Å². The van der Waals surface area contributed by atoms with Crippen molar-refractivity contribution in [2.45, 2.75) is 19.3 Å². The Balaban J connectivity index is 1.64. The van der Waals surface area contributed by atoms with E-state index in [2.05, 4.69) is 5.32 Å². The van der Waals surface area contributed by atoms with Crippen LogP contribution in [0, 0.1) is 17.2 Å². The largest absolute Gasteiger partial charge is 0.381 e. The first kappa shape index (κ1) is 13.6. The molecule has 0 bridgehead atoms. The van der Waals surface area contributed by atoms with Crippen LogP contribution in [0.3, 0.4) is 0 Å². The lowest BCUT2D eigenvalue weighted by molar-refractivity contribution is 0.0937. The zero-order valence-corrected chi connectivity index (χ0v) is 10.9. The Hall–Kier alpha value is -1.86. The number of hydrogen-bond donors (Lipinski definition) is 1. The molecule has 1 aliphatic carbocycles. The number of amides is 1. The highest BCUT2D eigenvalue weighted by Gasteiger charge is 2.20. The van der Waals surface area contributed by atoms with Gasteiger partial charge in [-0.25, -0.2) is 0 Å². The summed E-state index contributed by atoms with van der Waals surface area (Å²) in [6.45, 7) is 2.15. The summed E-state index contributed by atoms with van der Waals surface area (Å²) < 4.78 is 5.49. The second-order valence-corrected chi connectivity index (χ2v) is 4.82. The Kier molecular flexibility index (Phi) is 4.93.